The average molecular weight is 357 g/mol. The van der Waals surface area contributed by atoms with Gasteiger partial charge in [-0.2, -0.15) is 0 Å². The Balaban J connectivity index is 2.44. The van der Waals surface area contributed by atoms with Crippen LogP contribution in [-0.4, -0.2) is 53.8 Å². The molecule has 1 heterocycles. The first kappa shape index (κ1) is 18.6. The molecule has 0 aromatic heterocycles. The zero-order valence-corrected chi connectivity index (χ0v) is 14.4. The largest absolute Gasteiger partial charge is 0.369 e. The lowest BCUT2D eigenvalue weighted by molar-refractivity contribution is 0.0578. The average Bonchev–Trinajstić information content (AvgIpc) is 2.75. The molecule has 3 unspecified atom stereocenters. The zero-order chi connectivity index (χ0) is 16.8. The molecular formula is C12H25NO7P2. The van der Waals surface area contributed by atoms with E-state index in [1.54, 1.807) is 0 Å². The Morgan fingerprint density at radius 2 is 1.64 bits per heavy atom. The van der Waals surface area contributed by atoms with Crippen LogP contribution in [0.5, 0.6) is 0 Å². The lowest BCUT2D eigenvalue weighted by atomic mass is 9.80. The van der Waals surface area contributed by atoms with Crippen LogP contribution in [0.25, 0.3) is 0 Å². The van der Waals surface area contributed by atoms with Crippen LogP contribution >= 0.6 is 15.2 Å². The summed E-state index contributed by atoms with van der Waals surface area (Å²) in [5, 5.41) is 7.17. The maximum absolute atomic E-state index is 11.8. The lowest BCUT2D eigenvalue weighted by Gasteiger charge is -2.39. The first-order valence-corrected chi connectivity index (χ1v) is 10.8. The quantitative estimate of drug-likeness (QED) is 0.457. The van der Waals surface area contributed by atoms with Crippen LogP contribution in [0, 0.1) is 11.8 Å². The molecule has 0 amide bonds. The van der Waals surface area contributed by atoms with E-state index in [-0.39, 0.29) is 18.5 Å². The monoisotopic (exact) mass is 357 g/mol. The summed E-state index contributed by atoms with van der Waals surface area (Å²) in [5.74, 6) is -1.42. The number of hydrogen-bond donors (Lipinski definition) is 5. The maximum atomic E-state index is 11.8. The number of hydrogen-bond acceptors (Lipinski definition) is 4. The minimum Gasteiger partial charge on any atom is -0.367 e. The van der Waals surface area contributed by atoms with E-state index in [0.29, 0.717) is 13.0 Å². The highest BCUT2D eigenvalue weighted by Crippen LogP contribution is 2.73. The zero-order valence-electron chi connectivity index (χ0n) is 12.6. The molecule has 8 nitrogen and oxygen atoms in total. The third-order valence-electron chi connectivity index (χ3n) is 5.06. The molecule has 1 saturated heterocycles. The Morgan fingerprint density at radius 3 is 2.14 bits per heavy atom. The Bertz CT molecular complexity index is 480. The number of rotatable bonds is 5. The molecule has 0 aromatic carbocycles. The van der Waals surface area contributed by atoms with Crippen molar-refractivity contribution < 1.29 is 33.8 Å². The van der Waals surface area contributed by atoms with Gasteiger partial charge in [-0.05, 0) is 31.7 Å². The summed E-state index contributed by atoms with van der Waals surface area (Å²) in [6.07, 6.45) is 4.12. The van der Waals surface area contributed by atoms with Gasteiger partial charge in [0, 0.05) is 18.5 Å². The first-order valence-electron chi connectivity index (χ1n) is 7.61. The van der Waals surface area contributed by atoms with Crippen LogP contribution in [-0.2, 0) is 9.13 Å². The molecule has 0 radical (unpaired) electrons. The van der Waals surface area contributed by atoms with E-state index >= 15 is 0 Å². The summed E-state index contributed by atoms with van der Waals surface area (Å²) in [7, 11) is -10.8. The molecule has 0 aromatic rings. The molecule has 3 atom stereocenters. The molecule has 2 rings (SSSR count). The highest BCUT2D eigenvalue weighted by Gasteiger charge is 2.68. The molecule has 10 heteroatoms. The molecule has 2 aliphatic rings. The molecule has 130 valence electrons. The van der Waals surface area contributed by atoms with Crippen molar-refractivity contribution in [1.82, 2.24) is 4.90 Å². The Kier molecular flexibility index (Phi) is 5.28. The predicted octanol–water partition coefficient (Wildman–Crippen LogP) is 0.888. The van der Waals surface area contributed by atoms with Crippen molar-refractivity contribution in [2.45, 2.75) is 50.2 Å². The van der Waals surface area contributed by atoms with Gasteiger partial charge in [0.25, 0.3) is 5.08 Å². The molecule has 1 aliphatic heterocycles. The smallest absolute Gasteiger partial charge is 0.367 e. The summed E-state index contributed by atoms with van der Waals surface area (Å²) >= 11 is 0. The lowest BCUT2D eigenvalue weighted by Crippen LogP contribution is -2.42. The van der Waals surface area contributed by atoms with Crippen molar-refractivity contribution in [2.24, 2.45) is 11.8 Å². The third kappa shape index (κ3) is 2.96. The van der Waals surface area contributed by atoms with Crippen molar-refractivity contribution in [1.29, 1.82) is 0 Å². The third-order valence-corrected chi connectivity index (χ3v) is 9.01. The summed E-state index contributed by atoms with van der Waals surface area (Å²) in [5.41, 5.74) is 0. The Hall–Kier alpha value is 0.220. The van der Waals surface area contributed by atoms with E-state index in [9.17, 15) is 33.8 Å². The van der Waals surface area contributed by atoms with Crippen molar-refractivity contribution >= 4 is 15.2 Å². The van der Waals surface area contributed by atoms with Gasteiger partial charge in [-0.3, -0.25) is 14.0 Å². The summed E-state index contributed by atoms with van der Waals surface area (Å²) in [4.78, 5) is 40.0. The topological polar surface area (TPSA) is 139 Å². The van der Waals surface area contributed by atoms with Gasteiger partial charge in [0.2, 0.25) is 0 Å². The van der Waals surface area contributed by atoms with Gasteiger partial charge in [-0.15, -0.1) is 0 Å². The molecule has 22 heavy (non-hydrogen) atoms. The molecule has 5 N–H and O–H groups in total. The molecule has 0 spiro atoms. The van der Waals surface area contributed by atoms with E-state index in [2.05, 4.69) is 0 Å². The molecule has 1 saturated carbocycles. The molecule has 1 aliphatic carbocycles. The summed E-state index contributed by atoms with van der Waals surface area (Å²) in [6.45, 7) is 2.77. The number of nitrogens with zero attached hydrogens (tertiary/aromatic N) is 1. The van der Waals surface area contributed by atoms with Crippen LogP contribution in [0.3, 0.4) is 0 Å². The van der Waals surface area contributed by atoms with E-state index < -0.39 is 26.2 Å². The van der Waals surface area contributed by atoms with E-state index in [1.807, 2.05) is 11.8 Å². The number of aliphatic hydroxyl groups is 1. The van der Waals surface area contributed by atoms with Crippen molar-refractivity contribution in [3.8, 4) is 0 Å². The Morgan fingerprint density at radius 1 is 1.09 bits per heavy atom. The van der Waals surface area contributed by atoms with Gasteiger partial charge in [-0.25, -0.2) is 0 Å². The molecule has 0 bridgehead atoms. The van der Waals surface area contributed by atoms with Crippen molar-refractivity contribution in [3.63, 3.8) is 0 Å². The van der Waals surface area contributed by atoms with Crippen LogP contribution < -0.4 is 0 Å². The van der Waals surface area contributed by atoms with E-state index in [4.69, 9.17) is 0 Å². The summed E-state index contributed by atoms with van der Waals surface area (Å²) in [6, 6.07) is 0.0309. The fourth-order valence-corrected chi connectivity index (χ4v) is 6.91. The van der Waals surface area contributed by atoms with Gasteiger partial charge < -0.3 is 24.7 Å². The molecular weight excluding hydrogens is 332 g/mol. The second-order valence-corrected chi connectivity index (χ2v) is 10.3. The minimum atomic E-state index is -5.40. The van der Waals surface area contributed by atoms with Crippen molar-refractivity contribution in [3.05, 3.63) is 0 Å². The van der Waals surface area contributed by atoms with Crippen LogP contribution in [0.1, 0.15) is 39.0 Å². The van der Waals surface area contributed by atoms with Gasteiger partial charge in [-0.1, -0.05) is 19.8 Å². The van der Waals surface area contributed by atoms with E-state index in [0.717, 1.165) is 25.7 Å². The molecule has 2 fully saturated rings. The summed E-state index contributed by atoms with van der Waals surface area (Å²) < 4.78 is 23.5. The van der Waals surface area contributed by atoms with Gasteiger partial charge in [0.1, 0.15) is 0 Å². The van der Waals surface area contributed by atoms with Crippen LogP contribution in [0.4, 0.5) is 0 Å². The van der Waals surface area contributed by atoms with Gasteiger partial charge in [0.15, 0.2) is 0 Å². The highest BCUT2D eigenvalue weighted by atomic mass is 31.2. The highest BCUT2D eigenvalue weighted by molar-refractivity contribution is 7.72. The number of likely N-dealkylation sites (tertiary alicyclic amines) is 1. The Labute approximate surface area is 129 Å². The van der Waals surface area contributed by atoms with Crippen LogP contribution in [0.15, 0.2) is 0 Å². The second-order valence-electron chi connectivity index (χ2n) is 6.39. The van der Waals surface area contributed by atoms with Crippen molar-refractivity contribution in [2.75, 3.05) is 13.1 Å². The predicted molar refractivity (Wildman–Crippen MR) is 80.1 cm³/mol. The minimum absolute atomic E-state index is 0.0309. The van der Waals surface area contributed by atoms with Gasteiger partial charge in [0.05, 0.1) is 0 Å². The van der Waals surface area contributed by atoms with Gasteiger partial charge >= 0.3 is 15.2 Å². The maximum Gasteiger partial charge on any atom is 0.369 e. The second kappa shape index (κ2) is 6.26. The normalized spacial score (nSPS) is 31.3. The number of fused-ring (bicyclic) bond motifs is 1. The van der Waals surface area contributed by atoms with E-state index in [1.165, 1.54) is 0 Å². The SMILES string of the molecule is CCCN1CC(C(O)(P(=O)(O)O)P(=O)(O)O)C2CCCCC21. The van der Waals surface area contributed by atoms with Crippen LogP contribution in [0.2, 0.25) is 0 Å². The first-order chi connectivity index (χ1) is 10.0. The fraction of sp³-hybridized carbons (Fsp3) is 1.00. The standard InChI is InChI=1S/C12H25NO7P2/c1-2-7-13-8-10(9-5-3-4-6-11(9)13)12(14,21(15,16)17)22(18,19)20/h9-11,14H,2-8H2,1H3,(H2,15,16,17)(H2,18,19,20). The fourth-order valence-electron chi connectivity index (χ4n) is 4.14.